The Kier molecular flexibility index (Phi) is 3.93. The summed E-state index contributed by atoms with van der Waals surface area (Å²) in [7, 11) is 3.58. The van der Waals surface area contributed by atoms with E-state index in [1.807, 2.05) is 0 Å². The Labute approximate surface area is 114 Å². The molecule has 2 rings (SSSR count). The first-order chi connectivity index (χ1) is 9.08. The number of halogens is 1. The quantitative estimate of drug-likeness (QED) is 0.634. The van der Waals surface area contributed by atoms with Gasteiger partial charge in [-0.1, -0.05) is 11.6 Å². The van der Waals surface area contributed by atoms with Crippen molar-refractivity contribution in [2.24, 2.45) is 5.84 Å². The first kappa shape index (κ1) is 13.2. The van der Waals surface area contributed by atoms with Crippen LogP contribution < -0.4 is 20.9 Å². The first-order valence-corrected chi connectivity index (χ1v) is 5.64. The smallest absolute Gasteiger partial charge is 0.328 e. The second-order valence-electron chi connectivity index (χ2n) is 3.72. The molecule has 3 N–H and O–H groups in total. The predicted molar refractivity (Wildman–Crippen MR) is 71.3 cm³/mol. The monoisotopic (exact) mass is 281 g/mol. The Hall–Kier alpha value is -2.19. The van der Waals surface area contributed by atoms with Gasteiger partial charge in [0.05, 0.1) is 11.2 Å². The van der Waals surface area contributed by atoms with Gasteiger partial charge in [-0.2, -0.15) is 15.0 Å². The van der Waals surface area contributed by atoms with Gasteiger partial charge in [0, 0.05) is 26.4 Å². The minimum Gasteiger partial charge on any atom is -0.422 e. The summed E-state index contributed by atoms with van der Waals surface area (Å²) >= 11 is 5.82. The number of aromatic nitrogens is 4. The van der Waals surface area contributed by atoms with Crippen LogP contribution in [0.1, 0.15) is 0 Å². The van der Waals surface area contributed by atoms with E-state index in [1.54, 1.807) is 25.1 Å². The van der Waals surface area contributed by atoms with Crippen molar-refractivity contribution in [1.82, 2.24) is 19.9 Å². The summed E-state index contributed by atoms with van der Waals surface area (Å²) in [6.07, 6.45) is 3.00. The van der Waals surface area contributed by atoms with Crippen molar-refractivity contribution >= 4 is 23.5 Å². The Bertz CT molecular complexity index is 578. The maximum Gasteiger partial charge on any atom is 0.328 e. The third-order valence-electron chi connectivity index (χ3n) is 2.02. The zero-order valence-corrected chi connectivity index (χ0v) is 11.1. The van der Waals surface area contributed by atoms with E-state index in [0.29, 0.717) is 16.7 Å². The highest BCUT2D eigenvalue weighted by Crippen LogP contribution is 2.21. The maximum atomic E-state index is 5.82. The zero-order chi connectivity index (χ0) is 13.8. The number of ether oxygens (including phenoxy) is 1. The highest BCUT2D eigenvalue weighted by Gasteiger charge is 2.09. The molecule has 2 aromatic rings. The number of nitrogens with zero attached hydrogens (tertiary/aromatic N) is 5. The predicted octanol–water partition coefficient (Wildman–Crippen LogP) is 1.06. The van der Waals surface area contributed by atoms with E-state index >= 15 is 0 Å². The number of hydrogen-bond acceptors (Lipinski definition) is 8. The fraction of sp³-hybridized carbons (Fsp3) is 0.200. The molecule has 0 unspecified atom stereocenters. The molecule has 0 aliphatic rings. The number of nitrogens with two attached hydrogens (primary N) is 1. The summed E-state index contributed by atoms with van der Waals surface area (Å²) in [4.78, 5) is 17.8. The van der Waals surface area contributed by atoms with Crippen LogP contribution in [0.2, 0.25) is 5.02 Å². The van der Waals surface area contributed by atoms with Gasteiger partial charge in [0.25, 0.3) is 0 Å². The summed E-state index contributed by atoms with van der Waals surface area (Å²) < 4.78 is 5.46. The topological polar surface area (TPSA) is 102 Å². The number of anilines is 2. The van der Waals surface area contributed by atoms with Crippen LogP contribution in [-0.4, -0.2) is 34.0 Å². The molecule has 0 aliphatic heterocycles. The lowest BCUT2D eigenvalue weighted by Crippen LogP contribution is -2.17. The van der Waals surface area contributed by atoms with E-state index in [9.17, 15) is 0 Å². The highest BCUT2D eigenvalue weighted by atomic mass is 35.5. The van der Waals surface area contributed by atoms with Crippen molar-refractivity contribution < 1.29 is 4.74 Å². The molecule has 2 aromatic heterocycles. The summed E-state index contributed by atoms with van der Waals surface area (Å²) in [5.41, 5.74) is 2.35. The number of nitrogens with one attached hydrogen (secondary N) is 1. The Morgan fingerprint density at radius 2 is 2.05 bits per heavy atom. The molecular formula is C10H12ClN7O. The molecule has 0 radical (unpaired) electrons. The van der Waals surface area contributed by atoms with Crippen LogP contribution >= 0.6 is 11.6 Å². The molecule has 0 atom stereocenters. The highest BCUT2D eigenvalue weighted by molar-refractivity contribution is 6.30. The molecule has 9 heteroatoms. The third kappa shape index (κ3) is 3.39. The normalized spacial score (nSPS) is 10.1. The molecule has 0 aliphatic carbocycles. The van der Waals surface area contributed by atoms with Gasteiger partial charge in [0.15, 0.2) is 5.75 Å². The van der Waals surface area contributed by atoms with E-state index in [-0.39, 0.29) is 12.0 Å². The molecule has 0 spiro atoms. The lowest BCUT2D eigenvalue weighted by molar-refractivity contribution is 0.438. The minimum absolute atomic E-state index is 0.0933. The van der Waals surface area contributed by atoms with Gasteiger partial charge in [-0.25, -0.2) is 5.84 Å². The van der Waals surface area contributed by atoms with Gasteiger partial charge in [-0.05, 0) is 0 Å². The van der Waals surface area contributed by atoms with E-state index in [2.05, 4.69) is 25.4 Å². The molecule has 0 aromatic carbocycles. The van der Waals surface area contributed by atoms with Crippen molar-refractivity contribution in [2.75, 3.05) is 24.4 Å². The standard InChI is InChI=1S/C10H12ClN7O/c1-18(2)9-14-8(17-12)15-10(16-9)19-7-3-6(11)4-13-5-7/h3-5H,12H2,1-2H3,(H,14,15,16,17). The second kappa shape index (κ2) is 5.63. The van der Waals surface area contributed by atoms with Crippen molar-refractivity contribution in [3.8, 4) is 11.8 Å². The van der Waals surface area contributed by atoms with Crippen LogP contribution in [0.3, 0.4) is 0 Å². The average Bonchev–Trinajstić information content (AvgIpc) is 2.38. The fourth-order valence-corrected chi connectivity index (χ4v) is 1.37. The maximum absolute atomic E-state index is 5.82. The Morgan fingerprint density at radius 3 is 2.68 bits per heavy atom. The SMILES string of the molecule is CN(C)c1nc(NN)nc(Oc2cncc(Cl)c2)n1. The number of hydrazine groups is 1. The summed E-state index contributed by atoms with van der Waals surface area (Å²) in [5, 5.41) is 0.455. The molecule has 0 bridgehead atoms. The largest absolute Gasteiger partial charge is 0.422 e. The summed E-state index contributed by atoms with van der Waals surface area (Å²) in [5.74, 6) is 6.33. The van der Waals surface area contributed by atoms with Crippen LogP contribution in [0.15, 0.2) is 18.5 Å². The molecule has 0 fully saturated rings. The first-order valence-electron chi connectivity index (χ1n) is 5.27. The minimum atomic E-state index is 0.0933. The van der Waals surface area contributed by atoms with Crippen LogP contribution in [0.25, 0.3) is 0 Å². The Morgan fingerprint density at radius 1 is 1.26 bits per heavy atom. The molecule has 100 valence electrons. The number of pyridine rings is 1. The summed E-state index contributed by atoms with van der Waals surface area (Å²) in [6.45, 7) is 0. The average molecular weight is 282 g/mol. The molecule has 0 amide bonds. The third-order valence-corrected chi connectivity index (χ3v) is 2.23. The fourth-order valence-electron chi connectivity index (χ4n) is 1.21. The molecule has 19 heavy (non-hydrogen) atoms. The van der Waals surface area contributed by atoms with Gasteiger partial charge in [-0.3, -0.25) is 10.4 Å². The van der Waals surface area contributed by atoms with Crippen molar-refractivity contribution in [3.63, 3.8) is 0 Å². The lowest BCUT2D eigenvalue weighted by Gasteiger charge is -2.12. The van der Waals surface area contributed by atoms with Gasteiger partial charge in [0.2, 0.25) is 11.9 Å². The van der Waals surface area contributed by atoms with Crippen molar-refractivity contribution in [3.05, 3.63) is 23.5 Å². The summed E-state index contributed by atoms with van der Waals surface area (Å²) in [6, 6.07) is 1.69. The second-order valence-corrected chi connectivity index (χ2v) is 4.16. The number of nitrogen functional groups attached to an aromatic ring is 1. The van der Waals surface area contributed by atoms with Crippen LogP contribution in [0.5, 0.6) is 11.8 Å². The van der Waals surface area contributed by atoms with E-state index in [0.717, 1.165) is 0 Å². The van der Waals surface area contributed by atoms with E-state index < -0.39 is 0 Å². The number of hydrogen-bond donors (Lipinski definition) is 2. The van der Waals surface area contributed by atoms with Crippen LogP contribution in [0, 0.1) is 0 Å². The van der Waals surface area contributed by atoms with Crippen molar-refractivity contribution in [1.29, 1.82) is 0 Å². The molecule has 8 nitrogen and oxygen atoms in total. The van der Waals surface area contributed by atoms with Crippen molar-refractivity contribution in [2.45, 2.75) is 0 Å². The van der Waals surface area contributed by atoms with Crippen LogP contribution in [-0.2, 0) is 0 Å². The number of rotatable bonds is 4. The zero-order valence-electron chi connectivity index (χ0n) is 10.3. The van der Waals surface area contributed by atoms with E-state index in [1.165, 1.54) is 12.4 Å². The van der Waals surface area contributed by atoms with Gasteiger partial charge in [0.1, 0.15) is 0 Å². The molecule has 0 saturated carbocycles. The Balaban J connectivity index is 2.31. The molecular weight excluding hydrogens is 270 g/mol. The molecule has 2 heterocycles. The van der Waals surface area contributed by atoms with E-state index in [4.69, 9.17) is 22.2 Å². The van der Waals surface area contributed by atoms with Gasteiger partial charge >= 0.3 is 6.01 Å². The molecule has 0 saturated heterocycles. The van der Waals surface area contributed by atoms with Crippen LogP contribution in [0.4, 0.5) is 11.9 Å². The lowest BCUT2D eigenvalue weighted by atomic mass is 10.5. The van der Waals surface area contributed by atoms with Gasteiger partial charge < -0.3 is 9.64 Å². The van der Waals surface area contributed by atoms with Gasteiger partial charge in [-0.15, -0.1) is 0 Å².